The van der Waals surface area contributed by atoms with E-state index < -0.39 is 0 Å². The summed E-state index contributed by atoms with van der Waals surface area (Å²) in [4.78, 5) is 15.1. The average molecular weight is 500 g/mol. The van der Waals surface area contributed by atoms with E-state index in [4.69, 9.17) is 19.4 Å². The van der Waals surface area contributed by atoms with Gasteiger partial charge >= 0.3 is 0 Å². The number of furan rings is 1. The molecule has 6 aromatic carbocycles. The van der Waals surface area contributed by atoms with Gasteiger partial charge in [0, 0.05) is 32.8 Å². The highest BCUT2D eigenvalue weighted by Crippen LogP contribution is 2.39. The summed E-state index contributed by atoms with van der Waals surface area (Å²) in [6.07, 6.45) is 0. The van der Waals surface area contributed by atoms with Gasteiger partial charge in [-0.3, -0.25) is 0 Å². The maximum atomic E-state index is 6.44. The molecule has 0 fully saturated rings. The summed E-state index contributed by atoms with van der Waals surface area (Å²) in [5.74, 6) is 1.90. The second kappa shape index (κ2) is 8.61. The lowest BCUT2D eigenvalue weighted by molar-refractivity contribution is 0.672. The maximum absolute atomic E-state index is 6.44. The van der Waals surface area contributed by atoms with E-state index >= 15 is 0 Å². The predicted molar refractivity (Wildman–Crippen MR) is 158 cm³/mol. The number of hydrogen-bond acceptors (Lipinski definition) is 4. The Bertz CT molecular complexity index is 2180. The summed E-state index contributed by atoms with van der Waals surface area (Å²) in [5.41, 5.74) is 4.54. The molecule has 2 heterocycles. The molecule has 0 saturated carbocycles. The Labute approximate surface area is 224 Å². The molecule has 8 aromatic rings. The van der Waals surface area contributed by atoms with Crippen molar-refractivity contribution in [3.05, 3.63) is 127 Å². The van der Waals surface area contributed by atoms with Gasteiger partial charge in [-0.1, -0.05) is 115 Å². The molecule has 182 valence electrons. The molecule has 39 heavy (non-hydrogen) atoms. The molecule has 0 aliphatic heterocycles. The Morgan fingerprint density at radius 2 is 1.05 bits per heavy atom. The first-order valence-corrected chi connectivity index (χ1v) is 13.0. The molecule has 0 atom stereocenters. The fraction of sp³-hybridized carbons (Fsp3) is 0. The Kier molecular flexibility index (Phi) is 4.79. The molecule has 2 aromatic heterocycles. The molecule has 0 unspecified atom stereocenters. The maximum Gasteiger partial charge on any atom is 0.164 e. The third-order valence-corrected chi connectivity index (χ3v) is 7.33. The molecule has 0 saturated heterocycles. The van der Waals surface area contributed by atoms with Crippen LogP contribution in [-0.4, -0.2) is 15.0 Å². The summed E-state index contributed by atoms with van der Waals surface area (Å²) in [6.45, 7) is 0. The fourth-order valence-electron chi connectivity index (χ4n) is 5.49. The van der Waals surface area contributed by atoms with Gasteiger partial charge in [-0.05, 0) is 28.3 Å². The molecule has 0 bridgehead atoms. The van der Waals surface area contributed by atoms with Gasteiger partial charge in [0.25, 0.3) is 0 Å². The van der Waals surface area contributed by atoms with Gasteiger partial charge in [-0.25, -0.2) is 15.0 Å². The van der Waals surface area contributed by atoms with Crippen LogP contribution in [0, 0.1) is 0 Å². The monoisotopic (exact) mass is 499 g/mol. The van der Waals surface area contributed by atoms with Crippen molar-refractivity contribution in [1.82, 2.24) is 15.0 Å². The summed E-state index contributed by atoms with van der Waals surface area (Å²) in [7, 11) is 0. The van der Waals surface area contributed by atoms with Crippen LogP contribution in [0.25, 0.3) is 77.6 Å². The summed E-state index contributed by atoms with van der Waals surface area (Å²) in [6, 6.07) is 43.3. The minimum atomic E-state index is 0.616. The first kappa shape index (κ1) is 21.7. The number of para-hydroxylation sites is 1. The van der Waals surface area contributed by atoms with E-state index in [0.29, 0.717) is 17.5 Å². The van der Waals surface area contributed by atoms with Crippen LogP contribution in [0.3, 0.4) is 0 Å². The van der Waals surface area contributed by atoms with E-state index in [9.17, 15) is 0 Å². The van der Waals surface area contributed by atoms with Crippen LogP contribution < -0.4 is 0 Å². The summed E-state index contributed by atoms with van der Waals surface area (Å²) in [5, 5.41) is 6.51. The van der Waals surface area contributed by atoms with Gasteiger partial charge in [0.05, 0.1) is 0 Å². The van der Waals surface area contributed by atoms with Crippen molar-refractivity contribution in [2.24, 2.45) is 0 Å². The molecule has 0 N–H and O–H groups in total. The summed E-state index contributed by atoms with van der Waals surface area (Å²) < 4.78 is 6.44. The predicted octanol–water partition coefficient (Wildman–Crippen LogP) is 9.08. The van der Waals surface area contributed by atoms with Crippen LogP contribution in [0.4, 0.5) is 0 Å². The van der Waals surface area contributed by atoms with Crippen LogP contribution in [0.15, 0.2) is 132 Å². The Morgan fingerprint density at radius 3 is 1.92 bits per heavy atom. The molecule has 0 spiro atoms. The largest absolute Gasteiger partial charge is 0.455 e. The zero-order chi connectivity index (χ0) is 25.8. The van der Waals surface area contributed by atoms with Crippen molar-refractivity contribution in [2.45, 2.75) is 0 Å². The van der Waals surface area contributed by atoms with E-state index in [1.807, 2.05) is 48.5 Å². The third-order valence-electron chi connectivity index (χ3n) is 7.33. The first-order chi connectivity index (χ1) is 19.3. The number of rotatable bonds is 3. The lowest BCUT2D eigenvalue weighted by Crippen LogP contribution is -2.01. The average Bonchev–Trinajstić information content (AvgIpc) is 3.40. The van der Waals surface area contributed by atoms with Crippen LogP contribution >= 0.6 is 0 Å². The van der Waals surface area contributed by atoms with Crippen molar-refractivity contribution in [3.8, 4) is 34.2 Å². The molecule has 0 aliphatic carbocycles. The van der Waals surface area contributed by atoms with E-state index in [-0.39, 0.29) is 0 Å². The van der Waals surface area contributed by atoms with Gasteiger partial charge in [0.15, 0.2) is 17.5 Å². The van der Waals surface area contributed by atoms with E-state index in [0.717, 1.165) is 60.2 Å². The molecule has 0 radical (unpaired) electrons. The smallest absolute Gasteiger partial charge is 0.164 e. The highest BCUT2D eigenvalue weighted by atomic mass is 16.3. The SMILES string of the molecule is c1ccc(-c2nc(-c3cccc4ccccc34)nc(-c3cccc4ccc5c6ccccc6oc5c34)n2)cc1. The number of fused-ring (bicyclic) bond motifs is 6. The van der Waals surface area contributed by atoms with Crippen LogP contribution in [0.2, 0.25) is 0 Å². The lowest BCUT2D eigenvalue weighted by atomic mass is 10.0. The normalized spacial score (nSPS) is 11.6. The van der Waals surface area contributed by atoms with Gasteiger partial charge in [-0.15, -0.1) is 0 Å². The minimum Gasteiger partial charge on any atom is -0.455 e. The molecule has 8 rings (SSSR count). The minimum absolute atomic E-state index is 0.616. The Morgan fingerprint density at radius 1 is 0.410 bits per heavy atom. The van der Waals surface area contributed by atoms with Crippen LogP contribution in [-0.2, 0) is 0 Å². The van der Waals surface area contributed by atoms with Gasteiger partial charge in [0.2, 0.25) is 0 Å². The number of nitrogens with zero attached hydrogens (tertiary/aromatic N) is 3. The van der Waals surface area contributed by atoms with Crippen molar-refractivity contribution in [2.75, 3.05) is 0 Å². The lowest BCUT2D eigenvalue weighted by Gasteiger charge is -2.12. The van der Waals surface area contributed by atoms with Crippen molar-refractivity contribution >= 4 is 43.5 Å². The third kappa shape index (κ3) is 3.50. The Hall–Kier alpha value is -5.35. The molecule has 4 nitrogen and oxygen atoms in total. The fourth-order valence-corrected chi connectivity index (χ4v) is 5.49. The Balaban J connectivity index is 1.46. The molecular formula is C35H21N3O. The van der Waals surface area contributed by atoms with Crippen LogP contribution in [0.5, 0.6) is 0 Å². The van der Waals surface area contributed by atoms with Crippen molar-refractivity contribution < 1.29 is 4.42 Å². The van der Waals surface area contributed by atoms with Crippen molar-refractivity contribution in [1.29, 1.82) is 0 Å². The zero-order valence-corrected chi connectivity index (χ0v) is 20.9. The highest BCUT2D eigenvalue weighted by molar-refractivity contribution is 6.18. The number of hydrogen-bond donors (Lipinski definition) is 0. The summed E-state index contributed by atoms with van der Waals surface area (Å²) >= 11 is 0. The molecular weight excluding hydrogens is 478 g/mol. The van der Waals surface area contributed by atoms with Gasteiger partial charge in [0.1, 0.15) is 11.2 Å². The topological polar surface area (TPSA) is 51.8 Å². The number of benzene rings is 6. The standard InChI is InChI=1S/C35H21N3O/c1-2-11-24(12-3-1)33-36-34(28-17-8-13-22-10-4-5-15-25(22)28)38-35(37-33)29-18-9-14-23-20-21-27-26-16-6-7-19-30(26)39-32(27)31(23)29/h1-21H. The van der Waals surface area contributed by atoms with E-state index in [1.54, 1.807) is 0 Å². The van der Waals surface area contributed by atoms with Crippen LogP contribution in [0.1, 0.15) is 0 Å². The van der Waals surface area contributed by atoms with Gasteiger partial charge < -0.3 is 4.42 Å². The quantitative estimate of drug-likeness (QED) is 0.243. The van der Waals surface area contributed by atoms with E-state index in [2.05, 4.69) is 78.9 Å². The molecule has 0 amide bonds. The van der Waals surface area contributed by atoms with E-state index in [1.165, 1.54) is 0 Å². The number of aromatic nitrogens is 3. The second-order valence-corrected chi connectivity index (χ2v) is 9.64. The van der Waals surface area contributed by atoms with Gasteiger partial charge in [-0.2, -0.15) is 0 Å². The van der Waals surface area contributed by atoms with Crippen molar-refractivity contribution in [3.63, 3.8) is 0 Å². The zero-order valence-electron chi connectivity index (χ0n) is 20.9. The second-order valence-electron chi connectivity index (χ2n) is 9.64. The molecule has 0 aliphatic rings. The molecule has 4 heteroatoms. The first-order valence-electron chi connectivity index (χ1n) is 13.0. The highest BCUT2D eigenvalue weighted by Gasteiger charge is 2.18.